The van der Waals surface area contributed by atoms with Crippen LogP contribution in [0.3, 0.4) is 0 Å². The highest BCUT2D eigenvalue weighted by Gasteiger charge is 2.26. The molecule has 0 amide bonds. The number of aliphatic hydroxyl groups excluding tert-OH is 1. The van der Waals surface area contributed by atoms with Gasteiger partial charge in [-0.05, 0) is 13.0 Å². The average molecular weight is 221 g/mol. The summed E-state index contributed by atoms with van der Waals surface area (Å²) in [6.45, 7) is 1.40. The molecular weight excluding hydrogens is 211 g/mol. The second-order valence-electron chi connectivity index (χ2n) is 3.03. The number of aliphatic hydroxyl groups is 1. The van der Waals surface area contributed by atoms with E-state index in [4.69, 9.17) is 34.0 Å². The molecule has 0 radical (unpaired) electrons. The zero-order valence-corrected chi connectivity index (χ0v) is 8.60. The van der Waals surface area contributed by atoms with Gasteiger partial charge in [0.2, 0.25) is 0 Å². The Morgan fingerprint density at radius 1 is 1.62 bits per heavy atom. The molecule has 1 rings (SSSR count). The first-order valence-corrected chi connectivity index (χ1v) is 4.45. The zero-order valence-electron chi connectivity index (χ0n) is 7.09. The molecule has 3 nitrogen and oxygen atoms in total. The molecule has 0 spiro atoms. The molecule has 1 aromatic rings. The highest BCUT2D eigenvalue weighted by molar-refractivity contribution is 6.35. The molecule has 0 aromatic carbocycles. The van der Waals surface area contributed by atoms with E-state index in [0.717, 1.165) is 0 Å². The Balaban J connectivity index is 3.28. The molecule has 1 aromatic heterocycles. The van der Waals surface area contributed by atoms with Gasteiger partial charge in [-0.3, -0.25) is 0 Å². The maximum Gasteiger partial charge on any atom is 0.135 e. The summed E-state index contributed by atoms with van der Waals surface area (Å²) in [5.41, 5.74) is 5.30. The second-order valence-corrected chi connectivity index (χ2v) is 3.80. The van der Waals surface area contributed by atoms with E-state index in [2.05, 4.69) is 4.98 Å². The van der Waals surface area contributed by atoms with Crippen molar-refractivity contribution in [1.29, 1.82) is 0 Å². The van der Waals surface area contributed by atoms with Crippen molar-refractivity contribution in [3.05, 3.63) is 28.0 Å². The lowest BCUT2D eigenvalue weighted by molar-refractivity contribution is 0.210. The second kappa shape index (κ2) is 3.80. The van der Waals surface area contributed by atoms with E-state index in [1.54, 1.807) is 13.0 Å². The van der Waals surface area contributed by atoms with Crippen LogP contribution in [0.2, 0.25) is 10.2 Å². The lowest BCUT2D eigenvalue weighted by Gasteiger charge is -2.23. The van der Waals surface area contributed by atoms with Crippen molar-refractivity contribution < 1.29 is 5.11 Å². The molecule has 13 heavy (non-hydrogen) atoms. The summed E-state index contributed by atoms with van der Waals surface area (Å²) in [7, 11) is 0. The SMILES string of the molecule is C[C@@](N)(CO)c1c(Cl)ccnc1Cl. The number of halogens is 2. The number of pyridine rings is 1. The summed E-state index contributed by atoms with van der Waals surface area (Å²) in [6, 6.07) is 1.59. The van der Waals surface area contributed by atoms with Crippen molar-refractivity contribution in [2.45, 2.75) is 12.5 Å². The number of nitrogens with two attached hydrogens (primary N) is 1. The van der Waals surface area contributed by atoms with Gasteiger partial charge in [-0.25, -0.2) is 4.98 Å². The molecule has 0 saturated carbocycles. The van der Waals surface area contributed by atoms with Crippen LogP contribution < -0.4 is 5.73 Å². The van der Waals surface area contributed by atoms with Crippen LogP contribution in [0.15, 0.2) is 12.3 Å². The Bertz CT molecular complexity index is 295. The Labute approximate surface area is 86.5 Å². The topological polar surface area (TPSA) is 59.1 Å². The third kappa shape index (κ3) is 2.11. The molecule has 0 saturated heterocycles. The van der Waals surface area contributed by atoms with E-state index in [1.165, 1.54) is 6.20 Å². The maximum absolute atomic E-state index is 9.03. The minimum atomic E-state index is -0.956. The summed E-state index contributed by atoms with van der Waals surface area (Å²) >= 11 is 11.7. The van der Waals surface area contributed by atoms with E-state index in [1.807, 2.05) is 0 Å². The van der Waals surface area contributed by atoms with Crippen LogP contribution in [0.25, 0.3) is 0 Å². The van der Waals surface area contributed by atoms with Crippen molar-refractivity contribution in [3.8, 4) is 0 Å². The number of nitrogens with zero attached hydrogens (tertiary/aromatic N) is 1. The highest BCUT2D eigenvalue weighted by atomic mass is 35.5. The van der Waals surface area contributed by atoms with Gasteiger partial charge in [-0.1, -0.05) is 23.2 Å². The molecule has 0 fully saturated rings. The maximum atomic E-state index is 9.03. The van der Waals surface area contributed by atoms with Gasteiger partial charge in [0.05, 0.1) is 17.2 Å². The quantitative estimate of drug-likeness (QED) is 0.745. The van der Waals surface area contributed by atoms with Gasteiger partial charge < -0.3 is 10.8 Å². The molecule has 72 valence electrons. The summed E-state index contributed by atoms with van der Waals surface area (Å²) in [5, 5.41) is 9.67. The van der Waals surface area contributed by atoms with E-state index >= 15 is 0 Å². The molecule has 3 N–H and O–H groups in total. The largest absolute Gasteiger partial charge is 0.394 e. The number of hydrogen-bond donors (Lipinski definition) is 2. The molecular formula is C8H10Cl2N2O. The predicted octanol–water partition coefficient (Wildman–Crippen LogP) is 1.55. The van der Waals surface area contributed by atoms with Crippen LogP contribution in [0, 0.1) is 0 Å². The standard InChI is InChI=1S/C8H10Cl2N2O/c1-8(11,4-13)6-5(9)2-3-12-7(6)10/h2-3,13H,4,11H2,1H3/t8-/m1/s1. The smallest absolute Gasteiger partial charge is 0.135 e. The fourth-order valence-electron chi connectivity index (χ4n) is 1.00. The molecule has 0 bridgehead atoms. The normalized spacial score (nSPS) is 15.5. The fraction of sp³-hybridized carbons (Fsp3) is 0.375. The van der Waals surface area contributed by atoms with Gasteiger partial charge in [0.25, 0.3) is 0 Å². The van der Waals surface area contributed by atoms with Crippen LogP contribution in [-0.2, 0) is 5.54 Å². The fourth-order valence-corrected chi connectivity index (χ4v) is 1.79. The van der Waals surface area contributed by atoms with E-state index in [0.29, 0.717) is 10.6 Å². The van der Waals surface area contributed by atoms with E-state index < -0.39 is 5.54 Å². The van der Waals surface area contributed by atoms with Gasteiger partial charge in [-0.15, -0.1) is 0 Å². The van der Waals surface area contributed by atoms with Crippen LogP contribution >= 0.6 is 23.2 Å². The van der Waals surface area contributed by atoms with Crippen molar-refractivity contribution in [2.24, 2.45) is 5.73 Å². The first kappa shape index (κ1) is 10.7. The van der Waals surface area contributed by atoms with Crippen LogP contribution in [0.1, 0.15) is 12.5 Å². The van der Waals surface area contributed by atoms with Gasteiger partial charge in [-0.2, -0.15) is 0 Å². The third-order valence-corrected chi connectivity index (χ3v) is 2.35. The molecule has 0 unspecified atom stereocenters. The monoisotopic (exact) mass is 220 g/mol. The van der Waals surface area contributed by atoms with E-state index in [-0.39, 0.29) is 11.8 Å². The van der Waals surface area contributed by atoms with Crippen molar-refractivity contribution >= 4 is 23.2 Å². The molecule has 1 heterocycles. The molecule has 0 aliphatic carbocycles. The summed E-state index contributed by atoms with van der Waals surface area (Å²) in [4.78, 5) is 3.84. The first-order valence-electron chi connectivity index (χ1n) is 3.69. The number of aromatic nitrogens is 1. The average Bonchev–Trinajstić information content (AvgIpc) is 2.03. The molecule has 1 atom stereocenters. The molecule has 0 aliphatic heterocycles. The van der Waals surface area contributed by atoms with Gasteiger partial charge in [0.15, 0.2) is 0 Å². The Kier molecular flexibility index (Phi) is 3.14. The van der Waals surface area contributed by atoms with Crippen molar-refractivity contribution in [3.63, 3.8) is 0 Å². The van der Waals surface area contributed by atoms with Crippen molar-refractivity contribution in [2.75, 3.05) is 6.61 Å². The highest BCUT2D eigenvalue weighted by Crippen LogP contribution is 2.30. The molecule has 0 aliphatic rings. The minimum absolute atomic E-state index is 0.228. The van der Waals surface area contributed by atoms with Crippen LogP contribution in [0.4, 0.5) is 0 Å². The number of rotatable bonds is 2. The van der Waals surface area contributed by atoms with E-state index in [9.17, 15) is 0 Å². The summed E-state index contributed by atoms with van der Waals surface area (Å²) in [6.07, 6.45) is 1.49. The minimum Gasteiger partial charge on any atom is -0.394 e. The lowest BCUT2D eigenvalue weighted by atomic mass is 9.96. The Hall–Kier alpha value is -0.350. The summed E-state index contributed by atoms with van der Waals surface area (Å²) < 4.78 is 0. The van der Waals surface area contributed by atoms with Crippen molar-refractivity contribution in [1.82, 2.24) is 4.98 Å². The Morgan fingerprint density at radius 2 is 2.23 bits per heavy atom. The number of hydrogen-bond acceptors (Lipinski definition) is 3. The summed E-state index contributed by atoms with van der Waals surface area (Å²) in [5.74, 6) is 0. The van der Waals surface area contributed by atoms with Crippen LogP contribution in [-0.4, -0.2) is 16.7 Å². The van der Waals surface area contributed by atoms with Gasteiger partial charge in [0, 0.05) is 11.8 Å². The van der Waals surface area contributed by atoms with Gasteiger partial charge in [0.1, 0.15) is 5.15 Å². The van der Waals surface area contributed by atoms with Gasteiger partial charge >= 0.3 is 0 Å². The lowest BCUT2D eigenvalue weighted by Crippen LogP contribution is -2.37. The Morgan fingerprint density at radius 3 is 2.69 bits per heavy atom. The first-order chi connectivity index (χ1) is 5.99. The van der Waals surface area contributed by atoms with Crippen LogP contribution in [0.5, 0.6) is 0 Å². The predicted molar refractivity (Wildman–Crippen MR) is 52.9 cm³/mol. The molecule has 5 heteroatoms. The third-order valence-electron chi connectivity index (χ3n) is 1.75. The zero-order chi connectivity index (χ0) is 10.1.